The molecular formula is C36H68N6. The van der Waals surface area contributed by atoms with Crippen molar-refractivity contribution in [2.45, 2.75) is 204 Å². The Kier molecular flexibility index (Phi) is 16.9. The molecule has 0 aromatic carbocycles. The molecule has 4 rings (SSSR count). The molecule has 42 heavy (non-hydrogen) atoms. The molecule has 6 heteroatoms. The summed E-state index contributed by atoms with van der Waals surface area (Å²) in [5.41, 5.74) is 0. The monoisotopic (exact) mass is 585 g/mol. The van der Waals surface area contributed by atoms with Gasteiger partial charge in [0.15, 0.2) is 11.9 Å². The molecule has 0 amide bonds. The van der Waals surface area contributed by atoms with E-state index in [1.807, 2.05) is 0 Å². The molecule has 6 nitrogen and oxygen atoms in total. The molecule has 0 heterocycles. The lowest BCUT2D eigenvalue weighted by Crippen LogP contribution is -2.45. The van der Waals surface area contributed by atoms with Gasteiger partial charge in [0, 0.05) is 25.2 Å². The van der Waals surface area contributed by atoms with Crippen LogP contribution in [0.25, 0.3) is 0 Å². The molecule has 0 radical (unpaired) electrons. The summed E-state index contributed by atoms with van der Waals surface area (Å²) >= 11 is 0. The SMILES string of the molecule is C(CCCCCNC(=NC1CCCCC1)NC1CCCCC1)CCCCNC(=NC1CCCCC1)NC1CCCCC1. The number of hydrogen-bond donors (Lipinski definition) is 4. The predicted molar refractivity (Wildman–Crippen MR) is 182 cm³/mol. The van der Waals surface area contributed by atoms with E-state index in [0.29, 0.717) is 24.2 Å². The van der Waals surface area contributed by atoms with Gasteiger partial charge in [0.1, 0.15) is 0 Å². The maximum atomic E-state index is 5.16. The lowest BCUT2D eigenvalue weighted by Gasteiger charge is -2.27. The van der Waals surface area contributed by atoms with Crippen molar-refractivity contribution in [3.8, 4) is 0 Å². The second-order valence-electron chi connectivity index (χ2n) is 14.2. The highest BCUT2D eigenvalue weighted by molar-refractivity contribution is 5.80. The molecule has 4 fully saturated rings. The standard InChI is InChI=1S/C36H68N6/c1(3-5-19-29-37-35(39-31-21-11-7-12-22-31)40-32-23-13-8-14-24-32)2-4-6-20-30-38-36(41-33-25-15-9-16-26-33)42-34-27-17-10-18-28-34/h31-34H,1-30H2,(H2,37,39,40)(H2,38,41,42). The summed E-state index contributed by atoms with van der Waals surface area (Å²) in [6.07, 6.45) is 37.6. The number of nitrogens with one attached hydrogen (secondary N) is 4. The first-order valence-corrected chi connectivity index (χ1v) is 19.0. The summed E-state index contributed by atoms with van der Waals surface area (Å²) < 4.78 is 0. The van der Waals surface area contributed by atoms with Gasteiger partial charge in [-0.3, -0.25) is 0 Å². The largest absolute Gasteiger partial charge is 0.356 e. The minimum absolute atomic E-state index is 0.538. The van der Waals surface area contributed by atoms with Gasteiger partial charge >= 0.3 is 0 Å². The van der Waals surface area contributed by atoms with Crippen molar-refractivity contribution >= 4 is 11.9 Å². The number of hydrogen-bond acceptors (Lipinski definition) is 2. The Balaban J connectivity index is 1.02. The van der Waals surface area contributed by atoms with E-state index < -0.39 is 0 Å². The molecule has 4 N–H and O–H groups in total. The van der Waals surface area contributed by atoms with Crippen molar-refractivity contribution in [1.82, 2.24) is 21.3 Å². The summed E-state index contributed by atoms with van der Waals surface area (Å²) in [5, 5.41) is 15.1. The molecule has 0 atom stereocenters. The van der Waals surface area contributed by atoms with E-state index in [0.717, 1.165) is 25.0 Å². The van der Waals surface area contributed by atoms with E-state index in [1.54, 1.807) is 0 Å². The van der Waals surface area contributed by atoms with Crippen LogP contribution in [0.3, 0.4) is 0 Å². The summed E-state index contributed by atoms with van der Waals surface area (Å²) in [4.78, 5) is 10.3. The third kappa shape index (κ3) is 14.3. The number of unbranched alkanes of at least 4 members (excludes halogenated alkanes) is 7. The smallest absolute Gasteiger partial charge is 0.191 e. The Hall–Kier alpha value is -1.46. The molecule has 0 spiro atoms. The highest BCUT2D eigenvalue weighted by Gasteiger charge is 2.19. The van der Waals surface area contributed by atoms with Crippen molar-refractivity contribution in [1.29, 1.82) is 0 Å². The zero-order valence-corrected chi connectivity index (χ0v) is 27.4. The maximum Gasteiger partial charge on any atom is 0.191 e. The first-order valence-electron chi connectivity index (χ1n) is 19.0. The summed E-state index contributed by atoms with van der Waals surface area (Å²) in [6.45, 7) is 2.13. The van der Waals surface area contributed by atoms with Crippen LogP contribution in [0.15, 0.2) is 9.98 Å². The lowest BCUT2D eigenvalue weighted by atomic mass is 9.95. The van der Waals surface area contributed by atoms with Gasteiger partial charge in [0.2, 0.25) is 0 Å². The topological polar surface area (TPSA) is 72.8 Å². The quantitative estimate of drug-likeness (QED) is 0.0884. The fourth-order valence-electron chi connectivity index (χ4n) is 7.66. The molecule has 0 aromatic heterocycles. The number of rotatable bonds is 15. The van der Waals surface area contributed by atoms with Crippen LogP contribution in [-0.2, 0) is 0 Å². The zero-order valence-electron chi connectivity index (χ0n) is 27.4. The Morgan fingerprint density at radius 2 is 0.690 bits per heavy atom. The fourth-order valence-corrected chi connectivity index (χ4v) is 7.66. The second kappa shape index (κ2) is 21.3. The van der Waals surface area contributed by atoms with Crippen molar-refractivity contribution in [3.05, 3.63) is 0 Å². The minimum atomic E-state index is 0.538. The Labute approximate surface area is 259 Å². The third-order valence-corrected chi connectivity index (χ3v) is 10.4. The molecule has 4 saturated carbocycles. The van der Waals surface area contributed by atoms with E-state index in [-0.39, 0.29) is 0 Å². The molecule has 4 aliphatic rings. The normalized spacial score (nSPS) is 22.7. The van der Waals surface area contributed by atoms with Crippen molar-refractivity contribution in [3.63, 3.8) is 0 Å². The molecule has 4 aliphatic carbocycles. The number of nitrogens with zero attached hydrogens (tertiary/aromatic N) is 2. The molecule has 0 unspecified atom stereocenters. The minimum Gasteiger partial charge on any atom is -0.356 e. The summed E-state index contributed by atoms with van der Waals surface area (Å²) in [6, 6.07) is 2.34. The van der Waals surface area contributed by atoms with Crippen LogP contribution in [0.4, 0.5) is 0 Å². The first-order chi connectivity index (χ1) is 20.8. The maximum absolute atomic E-state index is 5.16. The van der Waals surface area contributed by atoms with Gasteiger partial charge in [0.25, 0.3) is 0 Å². The van der Waals surface area contributed by atoms with E-state index >= 15 is 0 Å². The zero-order chi connectivity index (χ0) is 28.9. The first kappa shape index (κ1) is 33.4. The fraction of sp³-hybridized carbons (Fsp3) is 0.944. The lowest BCUT2D eigenvalue weighted by molar-refractivity contribution is 0.404. The van der Waals surface area contributed by atoms with E-state index in [2.05, 4.69) is 21.3 Å². The van der Waals surface area contributed by atoms with E-state index in [1.165, 1.54) is 180 Å². The molecule has 0 bridgehead atoms. The van der Waals surface area contributed by atoms with Crippen LogP contribution in [0.1, 0.15) is 180 Å². The van der Waals surface area contributed by atoms with Gasteiger partial charge in [-0.1, -0.05) is 116 Å². The number of guanidine groups is 2. The van der Waals surface area contributed by atoms with Crippen molar-refractivity contribution < 1.29 is 0 Å². The van der Waals surface area contributed by atoms with Gasteiger partial charge in [-0.2, -0.15) is 0 Å². The summed E-state index contributed by atoms with van der Waals surface area (Å²) in [5.74, 6) is 2.23. The van der Waals surface area contributed by atoms with Crippen molar-refractivity contribution in [2.75, 3.05) is 13.1 Å². The second-order valence-corrected chi connectivity index (χ2v) is 14.2. The average Bonchev–Trinajstić information content (AvgIpc) is 3.03. The average molecular weight is 585 g/mol. The van der Waals surface area contributed by atoms with Gasteiger partial charge in [0.05, 0.1) is 12.1 Å². The highest BCUT2D eigenvalue weighted by Crippen LogP contribution is 2.22. The summed E-state index contributed by atoms with van der Waals surface area (Å²) in [7, 11) is 0. The molecule has 242 valence electrons. The van der Waals surface area contributed by atoms with Crippen molar-refractivity contribution in [2.24, 2.45) is 9.98 Å². The van der Waals surface area contributed by atoms with Gasteiger partial charge in [-0.05, 0) is 64.2 Å². The van der Waals surface area contributed by atoms with Crippen LogP contribution < -0.4 is 21.3 Å². The van der Waals surface area contributed by atoms with Gasteiger partial charge in [-0.15, -0.1) is 0 Å². The van der Waals surface area contributed by atoms with Crippen LogP contribution >= 0.6 is 0 Å². The number of aliphatic imine (C=N–C) groups is 2. The highest BCUT2D eigenvalue weighted by atomic mass is 15.2. The van der Waals surface area contributed by atoms with Gasteiger partial charge in [-0.25, -0.2) is 9.98 Å². The van der Waals surface area contributed by atoms with E-state index in [4.69, 9.17) is 9.98 Å². The van der Waals surface area contributed by atoms with Crippen LogP contribution in [-0.4, -0.2) is 49.2 Å². The van der Waals surface area contributed by atoms with E-state index in [9.17, 15) is 0 Å². The molecule has 0 aliphatic heterocycles. The Bertz CT molecular complexity index is 665. The third-order valence-electron chi connectivity index (χ3n) is 10.4. The molecule has 0 saturated heterocycles. The predicted octanol–water partition coefficient (Wildman–Crippen LogP) is 8.51. The van der Waals surface area contributed by atoms with Crippen LogP contribution in [0.5, 0.6) is 0 Å². The molecular weight excluding hydrogens is 516 g/mol. The Morgan fingerprint density at radius 1 is 0.381 bits per heavy atom. The van der Waals surface area contributed by atoms with Crippen LogP contribution in [0.2, 0.25) is 0 Å². The Morgan fingerprint density at radius 3 is 1.05 bits per heavy atom. The van der Waals surface area contributed by atoms with Crippen LogP contribution in [0, 0.1) is 0 Å². The molecule has 0 aromatic rings. The van der Waals surface area contributed by atoms with Gasteiger partial charge < -0.3 is 21.3 Å².